The molecule has 0 unspecified atom stereocenters. The zero-order chi connectivity index (χ0) is 13.1. The number of allylic oxidation sites excluding steroid dienone is 2. The second-order valence-electron chi connectivity index (χ2n) is 5.22. The molecule has 0 bridgehead atoms. The molecular formula is C15H18Cl2Zr. The van der Waals surface area contributed by atoms with E-state index >= 15 is 0 Å². The van der Waals surface area contributed by atoms with Crippen molar-refractivity contribution in [2.75, 3.05) is 0 Å². The quantitative estimate of drug-likeness (QED) is 0.650. The van der Waals surface area contributed by atoms with Crippen LogP contribution in [0.25, 0.3) is 5.57 Å². The Morgan fingerprint density at radius 2 is 1.67 bits per heavy atom. The summed E-state index contributed by atoms with van der Waals surface area (Å²) in [4.78, 5) is 0. The van der Waals surface area contributed by atoms with Crippen molar-refractivity contribution in [2.24, 2.45) is 5.92 Å². The summed E-state index contributed by atoms with van der Waals surface area (Å²) in [6, 6.07) is 4.93. The van der Waals surface area contributed by atoms with Crippen molar-refractivity contribution in [3.8, 4) is 0 Å². The maximum atomic E-state index is 4.93. The van der Waals surface area contributed by atoms with Gasteiger partial charge in [0.05, 0.1) is 0 Å². The molecule has 0 saturated carbocycles. The topological polar surface area (TPSA) is 0 Å². The second-order valence-corrected chi connectivity index (χ2v) is 8.95. The molecule has 18 heavy (non-hydrogen) atoms. The van der Waals surface area contributed by atoms with Crippen LogP contribution in [0.3, 0.4) is 0 Å². The molecule has 3 rings (SSSR count). The second kappa shape index (κ2) is 6.73. The Bertz CT molecular complexity index is 464. The van der Waals surface area contributed by atoms with Crippen LogP contribution in [0.5, 0.6) is 0 Å². The Balaban J connectivity index is 0.000000367. The molecule has 0 saturated heterocycles. The number of hydrogen-bond donors (Lipinski definition) is 0. The fourth-order valence-electron chi connectivity index (χ4n) is 2.99. The Morgan fingerprint density at radius 1 is 1.06 bits per heavy atom. The first kappa shape index (κ1) is 14.8. The van der Waals surface area contributed by atoms with Crippen LogP contribution in [0.15, 0.2) is 18.2 Å². The van der Waals surface area contributed by atoms with Crippen molar-refractivity contribution in [1.82, 2.24) is 0 Å². The summed E-state index contributed by atoms with van der Waals surface area (Å²) in [5.74, 6) is 0.672. The SMILES string of the molecule is CC(C)C1=CCc2cc3c(cc21)CCC3.[Cl][Zr][Cl]. The Labute approximate surface area is 128 Å². The first-order chi connectivity index (χ1) is 8.67. The summed E-state index contributed by atoms with van der Waals surface area (Å²) in [5.41, 5.74) is 7.92. The van der Waals surface area contributed by atoms with Gasteiger partial charge in [-0.1, -0.05) is 32.1 Å². The molecule has 0 aromatic heterocycles. The van der Waals surface area contributed by atoms with Crippen LogP contribution in [0, 0.1) is 5.92 Å². The van der Waals surface area contributed by atoms with Gasteiger partial charge in [-0.3, -0.25) is 0 Å². The van der Waals surface area contributed by atoms with Crippen molar-refractivity contribution >= 4 is 22.6 Å². The number of rotatable bonds is 1. The van der Waals surface area contributed by atoms with E-state index in [4.69, 9.17) is 17.0 Å². The molecule has 0 N–H and O–H groups in total. The molecule has 1 aromatic rings. The number of halogens is 2. The van der Waals surface area contributed by atoms with Crippen LogP contribution in [-0.2, 0) is 40.1 Å². The first-order valence-electron chi connectivity index (χ1n) is 6.48. The Kier molecular flexibility index (Phi) is 5.54. The molecule has 0 atom stereocenters. The standard InChI is InChI=1S/C15H18.2ClH.Zr/c1-10(2)14-7-6-13-8-11-4-3-5-12(11)9-15(13)14;;;/h7-10H,3-6H2,1-2H3;2*1H;/q;;;+2/p-2. The molecule has 2 aliphatic carbocycles. The van der Waals surface area contributed by atoms with Crippen LogP contribution >= 0.6 is 17.0 Å². The summed E-state index contributed by atoms with van der Waals surface area (Å²) in [7, 11) is 9.87. The summed E-state index contributed by atoms with van der Waals surface area (Å²) >= 11 is -0.826. The maximum absolute atomic E-state index is 4.93. The van der Waals surface area contributed by atoms with Crippen LogP contribution in [0.4, 0.5) is 0 Å². The van der Waals surface area contributed by atoms with Gasteiger partial charge in [-0.15, -0.1) is 0 Å². The molecule has 3 heteroatoms. The Morgan fingerprint density at radius 3 is 2.28 bits per heavy atom. The molecule has 0 amide bonds. The Hall–Kier alpha value is 0.423. The minimum absolute atomic E-state index is 0.672. The van der Waals surface area contributed by atoms with E-state index in [1.165, 1.54) is 19.3 Å². The molecular weight excluding hydrogens is 342 g/mol. The molecule has 1 aromatic carbocycles. The van der Waals surface area contributed by atoms with Crippen LogP contribution < -0.4 is 0 Å². The minimum atomic E-state index is -0.826. The van der Waals surface area contributed by atoms with E-state index in [1.54, 1.807) is 27.8 Å². The molecule has 0 radical (unpaired) electrons. The van der Waals surface area contributed by atoms with Gasteiger partial charge in [0, 0.05) is 0 Å². The third-order valence-electron chi connectivity index (χ3n) is 3.79. The summed E-state index contributed by atoms with van der Waals surface area (Å²) < 4.78 is 0. The van der Waals surface area contributed by atoms with Crippen molar-refractivity contribution in [2.45, 2.75) is 39.5 Å². The molecule has 0 fully saturated rings. The van der Waals surface area contributed by atoms with E-state index in [2.05, 4.69) is 32.1 Å². The average molecular weight is 360 g/mol. The zero-order valence-corrected chi connectivity index (χ0v) is 14.9. The zero-order valence-electron chi connectivity index (χ0n) is 10.9. The normalized spacial score (nSPS) is 15.7. The van der Waals surface area contributed by atoms with E-state index in [0.29, 0.717) is 5.92 Å². The van der Waals surface area contributed by atoms with E-state index in [0.717, 1.165) is 6.42 Å². The molecule has 96 valence electrons. The monoisotopic (exact) mass is 358 g/mol. The van der Waals surface area contributed by atoms with Gasteiger partial charge in [-0.25, -0.2) is 0 Å². The molecule has 0 aliphatic heterocycles. The van der Waals surface area contributed by atoms with Crippen LogP contribution in [-0.4, -0.2) is 0 Å². The average Bonchev–Trinajstić information content (AvgIpc) is 2.91. The third kappa shape index (κ3) is 3.11. The van der Waals surface area contributed by atoms with Gasteiger partial charge < -0.3 is 0 Å². The number of aryl methyl sites for hydroxylation is 2. The number of benzene rings is 1. The predicted octanol–water partition coefficient (Wildman–Crippen LogP) is 5.15. The number of hydrogen-bond acceptors (Lipinski definition) is 0. The first-order valence-corrected chi connectivity index (χ1v) is 12.8. The van der Waals surface area contributed by atoms with Gasteiger partial charge in [0.2, 0.25) is 0 Å². The molecule has 2 aliphatic rings. The van der Waals surface area contributed by atoms with E-state index in [-0.39, 0.29) is 0 Å². The van der Waals surface area contributed by atoms with Crippen molar-refractivity contribution in [3.05, 3.63) is 40.5 Å². The van der Waals surface area contributed by atoms with E-state index in [9.17, 15) is 0 Å². The molecule has 0 spiro atoms. The van der Waals surface area contributed by atoms with Crippen molar-refractivity contribution < 1.29 is 20.8 Å². The summed E-state index contributed by atoms with van der Waals surface area (Å²) in [5, 5.41) is 0. The van der Waals surface area contributed by atoms with Gasteiger partial charge in [0.25, 0.3) is 0 Å². The van der Waals surface area contributed by atoms with Gasteiger partial charge in [-0.2, -0.15) is 0 Å². The predicted molar refractivity (Wildman–Crippen MR) is 76.7 cm³/mol. The van der Waals surface area contributed by atoms with Gasteiger partial charge in [0.15, 0.2) is 0 Å². The van der Waals surface area contributed by atoms with E-state index < -0.39 is 20.8 Å². The van der Waals surface area contributed by atoms with Crippen LogP contribution in [0.1, 0.15) is 42.5 Å². The van der Waals surface area contributed by atoms with Gasteiger partial charge >= 0.3 is 37.9 Å². The summed E-state index contributed by atoms with van der Waals surface area (Å²) in [6.45, 7) is 4.60. The molecule has 0 nitrogen and oxygen atoms in total. The third-order valence-corrected chi connectivity index (χ3v) is 3.79. The fraction of sp³-hybridized carbons (Fsp3) is 0.467. The van der Waals surface area contributed by atoms with E-state index in [1.807, 2.05) is 0 Å². The fourth-order valence-corrected chi connectivity index (χ4v) is 2.99. The molecule has 0 heterocycles. The summed E-state index contributed by atoms with van der Waals surface area (Å²) in [6.07, 6.45) is 7.55. The van der Waals surface area contributed by atoms with Crippen molar-refractivity contribution in [3.63, 3.8) is 0 Å². The van der Waals surface area contributed by atoms with Gasteiger partial charge in [-0.05, 0) is 59.4 Å². The van der Waals surface area contributed by atoms with Gasteiger partial charge in [0.1, 0.15) is 0 Å². The number of fused-ring (bicyclic) bond motifs is 2. The van der Waals surface area contributed by atoms with Crippen LogP contribution in [0.2, 0.25) is 0 Å². The van der Waals surface area contributed by atoms with Crippen molar-refractivity contribution in [1.29, 1.82) is 0 Å².